The molecule has 0 bridgehead atoms. The molecule has 0 atom stereocenters. The lowest BCUT2D eigenvalue weighted by atomic mass is 10.2. The predicted molar refractivity (Wildman–Crippen MR) is 88.2 cm³/mol. The van der Waals surface area contributed by atoms with Gasteiger partial charge in [0.15, 0.2) is 0 Å². The Bertz CT molecular complexity index is 488. The number of rotatable bonds is 8. The maximum Gasteiger partial charge on any atom is 0.120 e. The highest BCUT2D eigenvalue weighted by atomic mass is 35.5. The molecule has 0 aliphatic heterocycles. The third kappa shape index (κ3) is 6.52. The molecule has 0 saturated heterocycles. The summed E-state index contributed by atoms with van der Waals surface area (Å²) < 4.78 is 11.3. The van der Waals surface area contributed by atoms with Crippen LogP contribution in [0.15, 0.2) is 54.6 Å². The number of unbranched alkanes of at least 4 members (excludes halogenated alkanes) is 1. The molecule has 0 aromatic heterocycles. The molecule has 0 radical (unpaired) electrons. The van der Waals surface area contributed by atoms with E-state index in [4.69, 9.17) is 15.2 Å². The van der Waals surface area contributed by atoms with E-state index in [9.17, 15) is 0 Å². The molecule has 2 N–H and O–H groups in total. The fourth-order valence-corrected chi connectivity index (χ4v) is 1.81. The van der Waals surface area contributed by atoms with Crippen molar-refractivity contribution in [1.82, 2.24) is 0 Å². The highest BCUT2D eigenvalue weighted by Gasteiger charge is 1.97. The van der Waals surface area contributed by atoms with E-state index in [1.165, 1.54) is 0 Å². The van der Waals surface area contributed by atoms with Gasteiger partial charge in [-0.05, 0) is 49.2 Å². The quantitative estimate of drug-likeness (QED) is 0.754. The molecule has 0 aliphatic rings. The number of halogens is 1. The average Bonchev–Trinajstić information content (AvgIpc) is 2.52. The lowest BCUT2D eigenvalue weighted by molar-refractivity contribution is 0.298. The first-order chi connectivity index (χ1) is 9.88. The summed E-state index contributed by atoms with van der Waals surface area (Å²) in [5.74, 6) is 1.72. The summed E-state index contributed by atoms with van der Waals surface area (Å²) in [4.78, 5) is 0. The zero-order valence-corrected chi connectivity index (χ0v) is 12.9. The van der Waals surface area contributed by atoms with Crippen LogP contribution < -0.4 is 15.2 Å². The zero-order valence-electron chi connectivity index (χ0n) is 12.0. The van der Waals surface area contributed by atoms with E-state index in [0.717, 1.165) is 36.4 Å². The van der Waals surface area contributed by atoms with E-state index >= 15 is 0 Å². The van der Waals surface area contributed by atoms with Gasteiger partial charge < -0.3 is 15.2 Å². The van der Waals surface area contributed by atoms with Crippen LogP contribution in [0.25, 0.3) is 0 Å². The monoisotopic (exact) mass is 307 g/mol. The molecule has 2 rings (SSSR count). The SMILES string of the molecule is Cl.NCCCCOc1ccc(OCc2ccccc2)cc1. The van der Waals surface area contributed by atoms with Crippen LogP contribution in [-0.2, 0) is 6.61 Å². The van der Waals surface area contributed by atoms with Crippen LogP contribution in [0.1, 0.15) is 18.4 Å². The van der Waals surface area contributed by atoms with Gasteiger partial charge in [0, 0.05) is 0 Å². The number of benzene rings is 2. The molecule has 2 aromatic rings. The summed E-state index contributed by atoms with van der Waals surface area (Å²) in [5, 5.41) is 0. The van der Waals surface area contributed by atoms with Crippen molar-refractivity contribution in [3.05, 3.63) is 60.2 Å². The van der Waals surface area contributed by atoms with Crippen LogP contribution in [-0.4, -0.2) is 13.2 Å². The Morgan fingerprint density at radius 3 is 2.00 bits per heavy atom. The van der Waals surface area contributed by atoms with Crippen LogP contribution in [0.3, 0.4) is 0 Å². The first-order valence-electron chi connectivity index (χ1n) is 6.98. The highest BCUT2D eigenvalue weighted by molar-refractivity contribution is 5.85. The summed E-state index contributed by atoms with van der Waals surface area (Å²) in [6.45, 7) is 2.01. The highest BCUT2D eigenvalue weighted by Crippen LogP contribution is 2.18. The van der Waals surface area contributed by atoms with Crippen LogP contribution in [0.5, 0.6) is 11.5 Å². The van der Waals surface area contributed by atoms with Crippen LogP contribution in [0.4, 0.5) is 0 Å². The van der Waals surface area contributed by atoms with E-state index in [0.29, 0.717) is 13.2 Å². The van der Waals surface area contributed by atoms with Gasteiger partial charge in [-0.2, -0.15) is 0 Å². The second-order valence-electron chi connectivity index (χ2n) is 4.59. The molecule has 2 aromatic carbocycles. The number of ether oxygens (including phenoxy) is 2. The minimum Gasteiger partial charge on any atom is -0.494 e. The van der Waals surface area contributed by atoms with E-state index in [1.807, 2.05) is 42.5 Å². The summed E-state index contributed by atoms with van der Waals surface area (Å²) in [6.07, 6.45) is 1.99. The van der Waals surface area contributed by atoms with Crippen LogP contribution >= 0.6 is 12.4 Å². The maximum atomic E-state index is 5.72. The molecular weight excluding hydrogens is 286 g/mol. The lowest BCUT2D eigenvalue weighted by Gasteiger charge is -2.08. The molecule has 0 fully saturated rings. The maximum absolute atomic E-state index is 5.72. The van der Waals surface area contributed by atoms with E-state index in [2.05, 4.69) is 12.1 Å². The molecule has 0 aliphatic carbocycles. The van der Waals surface area contributed by atoms with Gasteiger partial charge in [0.05, 0.1) is 6.61 Å². The first kappa shape index (κ1) is 17.3. The van der Waals surface area contributed by atoms with Crippen molar-refractivity contribution in [2.24, 2.45) is 5.73 Å². The molecule has 21 heavy (non-hydrogen) atoms. The smallest absolute Gasteiger partial charge is 0.120 e. The van der Waals surface area contributed by atoms with Crippen molar-refractivity contribution < 1.29 is 9.47 Å². The van der Waals surface area contributed by atoms with Gasteiger partial charge in [-0.25, -0.2) is 0 Å². The standard InChI is InChI=1S/C17H21NO2.ClH/c18-12-4-5-13-19-16-8-10-17(11-9-16)20-14-15-6-2-1-3-7-15;/h1-3,6-11H,4-5,12-14,18H2;1H. The van der Waals surface area contributed by atoms with Gasteiger partial charge in [-0.15, -0.1) is 12.4 Å². The molecule has 114 valence electrons. The predicted octanol–water partition coefficient (Wildman–Crippen LogP) is 3.81. The minimum atomic E-state index is 0. The van der Waals surface area contributed by atoms with Crippen molar-refractivity contribution in [2.45, 2.75) is 19.4 Å². The van der Waals surface area contributed by atoms with Gasteiger partial charge in [-0.3, -0.25) is 0 Å². The van der Waals surface area contributed by atoms with Crippen molar-refractivity contribution in [2.75, 3.05) is 13.2 Å². The zero-order chi connectivity index (χ0) is 14.0. The summed E-state index contributed by atoms with van der Waals surface area (Å²) in [5.41, 5.74) is 6.60. The number of hydrogen-bond acceptors (Lipinski definition) is 3. The summed E-state index contributed by atoms with van der Waals surface area (Å²) in [6, 6.07) is 17.9. The Morgan fingerprint density at radius 2 is 1.38 bits per heavy atom. The molecule has 0 saturated carbocycles. The molecule has 0 spiro atoms. The van der Waals surface area contributed by atoms with E-state index in [-0.39, 0.29) is 12.4 Å². The third-order valence-corrected chi connectivity index (χ3v) is 2.94. The summed E-state index contributed by atoms with van der Waals surface area (Å²) >= 11 is 0. The Labute approximate surface area is 132 Å². The van der Waals surface area contributed by atoms with Gasteiger partial charge in [0.2, 0.25) is 0 Å². The Hall–Kier alpha value is -1.71. The second kappa shape index (κ2) is 10.1. The van der Waals surface area contributed by atoms with Crippen molar-refractivity contribution >= 4 is 12.4 Å². The Balaban J connectivity index is 0.00000220. The molecule has 0 heterocycles. The first-order valence-corrected chi connectivity index (χ1v) is 6.98. The van der Waals surface area contributed by atoms with Crippen molar-refractivity contribution in [3.63, 3.8) is 0 Å². The van der Waals surface area contributed by atoms with Gasteiger partial charge >= 0.3 is 0 Å². The Morgan fingerprint density at radius 1 is 0.762 bits per heavy atom. The van der Waals surface area contributed by atoms with Crippen LogP contribution in [0.2, 0.25) is 0 Å². The van der Waals surface area contributed by atoms with E-state index < -0.39 is 0 Å². The topological polar surface area (TPSA) is 44.5 Å². The molecule has 4 heteroatoms. The fraction of sp³-hybridized carbons (Fsp3) is 0.294. The Kier molecular flexibility index (Phi) is 8.32. The largest absolute Gasteiger partial charge is 0.494 e. The second-order valence-corrected chi connectivity index (χ2v) is 4.59. The molecule has 0 unspecified atom stereocenters. The van der Waals surface area contributed by atoms with Crippen molar-refractivity contribution in [1.29, 1.82) is 0 Å². The molecular formula is C17H22ClNO2. The minimum absolute atomic E-state index is 0. The third-order valence-electron chi connectivity index (χ3n) is 2.94. The van der Waals surface area contributed by atoms with E-state index in [1.54, 1.807) is 0 Å². The summed E-state index contributed by atoms with van der Waals surface area (Å²) in [7, 11) is 0. The van der Waals surface area contributed by atoms with Crippen molar-refractivity contribution in [3.8, 4) is 11.5 Å². The van der Waals surface area contributed by atoms with Crippen LogP contribution in [0, 0.1) is 0 Å². The number of nitrogens with two attached hydrogens (primary N) is 1. The average molecular weight is 308 g/mol. The number of hydrogen-bond donors (Lipinski definition) is 1. The molecule has 0 amide bonds. The molecule has 3 nitrogen and oxygen atoms in total. The fourth-order valence-electron chi connectivity index (χ4n) is 1.81. The lowest BCUT2D eigenvalue weighted by Crippen LogP contribution is -2.03. The van der Waals surface area contributed by atoms with Gasteiger partial charge in [-0.1, -0.05) is 30.3 Å². The van der Waals surface area contributed by atoms with Gasteiger partial charge in [0.1, 0.15) is 18.1 Å². The van der Waals surface area contributed by atoms with Gasteiger partial charge in [0.25, 0.3) is 0 Å². The normalized spacial score (nSPS) is 9.76.